The summed E-state index contributed by atoms with van der Waals surface area (Å²) in [5.41, 5.74) is -0.430. The largest absolute Gasteiger partial charge is 0.478 e. The van der Waals surface area contributed by atoms with E-state index in [1.165, 1.54) is 12.8 Å². The van der Waals surface area contributed by atoms with Crippen LogP contribution in [0.2, 0.25) is 0 Å². The molecule has 0 spiro atoms. The quantitative estimate of drug-likeness (QED) is 0.656. The molecule has 1 aromatic rings. The molecule has 7 heteroatoms. The first-order valence-corrected chi connectivity index (χ1v) is 6.58. The summed E-state index contributed by atoms with van der Waals surface area (Å²) >= 11 is 0. The molecule has 0 radical (unpaired) electrons. The van der Waals surface area contributed by atoms with Crippen molar-refractivity contribution in [3.8, 4) is 0 Å². The summed E-state index contributed by atoms with van der Waals surface area (Å²) in [6.07, 6.45) is 5.79. The fourth-order valence-electron chi connectivity index (χ4n) is 2.67. The fraction of sp³-hybridized carbons (Fsp3) is 0.538. The topological polar surface area (TPSA) is 96.6 Å². The van der Waals surface area contributed by atoms with Crippen molar-refractivity contribution in [3.63, 3.8) is 0 Å². The summed E-state index contributed by atoms with van der Waals surface area (Å²) in [6, 6.07) is 1.07. The zero-order chi connectivity index (χ0) is 14.7. The van der Waals surface area contributed by atoms with Crippen molar-refractivity contribution < 1.29 is 14.8 Å². The molecule has 0 saturated heterocycles. The summed E-state index contributed by atoms with van der Waals surface area (Å²) in [7, 11) is 1.78. The molecule has 20 heavy (non-hydrogen) atoms. The summed E-state index contributed by atoms with van der Waals surface area (Å²) in [5.74, 6) is -0.372. The third-order valence-electron chi connectivity index (χ3n) is 3.66. The normalized spacial score (nSPS) is 15.2. The van der Waals surface area contributed by atoms with Crippen LogP contribution in [0.3, 0.4) is 0 Å². The Bertz CT molecular complexity index is 526. The van der Waals surface area contributed by atoms with Crippen molar-refractivity contribution in [2.45, 2.75) is 25.7 Å². The minimum atomic E-state index is -1.20. The highest BCUT2D eigenvalue weighted by molar-refractivity contribution is 5.94. The highest BCUT2D eigenvalue weighted by Crippen LogP contribution is 2.28. The van der Waals surface area contributed by atoms with Gasteiger partial charge in [0.1, 0.15) is 17.6 Å². The second kappa shape index (κ2) is 5.85. The zero-order valence-electron chi connectivity index (χ0n) is 11.3. The van der Waals surface area contributed by atoms with Crippen molar-refractivity contribution in [1.82, 2.24) is 4.98 Å². The van der Waals surface area contributed by atoms with Gasteiger partial charge in [0.2, 0.25) is 0 Å². The predicted octanol–water partition coefficient (Wildman–Crippen LogP) is 2.31. The van der Waals surface area contributed by atoms with Crippen LogP contribution in [-0.4, -0.2) is 34.6 Å². The average Bonchev–Trinajstić information content (AvgIpc) is 2.90. The lowest BCUT2D eigenvalue weighted by atomic mass is 10.1. The van der Waals surface area contributed by atoms with Gasteiger partial charge in [0.25, 0.3) is 5.69 Å². The Balaban J connectivity index is 2.24. The van der Waals surface area contributed by atoms with Crippen LogP contribution < -0.4 is 4.90 Å². The Morgan fingerprint density at radius 3 is 2.75 bits per heavy atom. The van der Waals surface area contributed by atoms with Gasteiger partial charge >= 0.3 is 5.97 Å². The molecule has 0 aliphatic heterocycles. The van der Waals surface area contributed by atoms with E-state index >= 15 is 0 Å². The van der Waals surface area contributed by atoms with Gasteiger partial charge in [0.05, 0.1) is 4.92 Å². The number of nitrogens with zero attached hydrogens (tertiary/aromatic N) is 3. The standard InChI is InChI=1S/C13H17N3O4/c1-15(8-9-4-2-3-5-9)12-11(13(17)18)6-10(7-14-12)16(19)20/h6-7,9H,2-5,8H2,1H3,(H,17,18). The minimum Gasteiger partial charge on any atom is -0.478 e. The Labute approximate surface area is 116 Å². The Hall–Kier alpha value is -2.18. The van der Waals surface area contributed by atoms with Gasteiger partial charge in [0, 0.05) is 19.7 Å². The van der Waals surface area contributed by atoms with Crippen LogP contribution in [0.1, 0.15) is 36.0 Å². The molecule has 0 aromatic carbocycles. The third-order valence-corrected chi connectivity index (χ3v) is 3.66. The van der Waals surface area contributed by atoms with Crippen LogP contribution in [0.4, 0.5) is 11.5 Å². The maximum absolute atomic E-state index is 11.2. The number of aromatic nitrogens is 1. The van der Waals surface area contributed by atoms with E-state index in [1.54, 1.807) is 11.9 Å². The molecule has 0 bridgehead atoms. The van der Waals surface area contributed by atoms with E-state index < -0.39 is 10.9 Å². The van der Waals surface area contributed by atoms with Crippen LogP contribution in [0.25, 0.3) is 0 Å². The van der Waals surface area contributed by atoms with E-state index in [0.29, 0.717) is 5.92 Å². The van der Waals surface area contributed by atoms with Crippen LogP contribution in [-0.2, 0) is 0 Å². The number of carbonyl (C=O) groups is 1. The van der Waals surface area contributed by atoms with E-state index in [1.807, 2.05) is 0 Å². The monoisotopic (exact) mass is 279 g/mol. The number of nitro groups is 1. The number of hydrogen-bond acceptors (Lipinski definition) is 5. The van der Waals surface area contributed by atoms with Gasteiger partial charge in [-0.15, -0.1) is 0 Å². The van der Waals surface area contributed by atoms with E-state index in [0.717, 1.165) is 31.6 Å². The molecule has 1 aliphatic carbocycles. The zero-order valence-corrected chi connectivity index (χ0v) is 11.3. The Morgan fingerprint density at radius 2 is 2.20 bits per heavy atom. The fourth-order valence-corrected chi connectivity index (χ4v) is 2.67. The maximum Gasteiger partial charge on any atom is 0.339 e. The lowest BCUT2D eigenvalue weighted by Gasteiger charge is -2.23. The molecule has 1 saturated carbocycles. The number of carboxylic acid groups (broad SMARTS) is 1. The molecular weight excluding hydrogens is 262 g/mol. The van der Waals surface area contributed by atoms with Crippen molar-refractivity contribution in [3.05, 3.63) is 27.9 Å². The molecule has 1 aliphatic rings. The SMILES string of the molecule is CN(CC1CCCC1)c1ncc([N+](=O)[O-])cc1C(=O)O. The lowest BCUT2D eigenvalue weighted by molar-refractivity contribution is -0.385. The van der Waals surface area contributed by atoms with Gasteiger partial charge in [-0.25, -0.2) is 9.78 Å². The van der Waals surface area contributed by atoms with Gasteiger partial charge in [-0.3, -0.25) is 10.1 Å². The Kier molecular flexibility index (Phi) is 4.16. The van der Waals surface area contributed by atoms with Gasteiger partial charge in [-0.1, -0.05) is 12.8 Å². The maximum atomic E-state index is 11.2. The van der Waals surface area contributed by atoms with Crippen LogP contribution in [0, 0.1) is 16.0 Å². The molecule has 7 nitrogen and oxygen atoms in total. The van der Waals surface area contributed by atoms with Crippen LogP contribution in [0.5, 0.6) is 0 Å². The van der Waals surface area contributed by atoms with Gasteiger partial charge in [-0.05, 0) is 18.8 Å². The summed E-state index contributed by atoms with van der Waals surface area (Å²) in [6.45, 7) is 0.727. The molecule has 0 atom stereocenters. The molecular formula is C13H17N3O4. The molecule has 108 valence electrons. The molecule has 0 unspecified atom stereocenters. The van der Waals surface area contributed by atoms with E-state index in [9.17, 15) is 20.0 Å². The third kappa shape index (κ3) is 3.04. The first-order valence-electron chi connectivity index (χ1n) is 6.58. The van der Waals surface area contributed by atoms with Gasteiger partial charge < -0.3 is 10.0 Å². The number of carboxylic acids is 1. The first-order chi connectivity index (χ1) is 9.49. The van der Waals surface area contributed by atoms with E-state index in [2.05, 4.69) is 4.98 Å². The molecule has 1 heterocycles. The van der Waals surface area contributed by atoms with Gasteiger partial charge in [-0.2, -0.15) is 0 Å². The van der Waals surface area contributed by atoms with E-state index in [-0.39, 0.29) is 17.1 Å². The smallest absolute Gasteiger partial charge is 0.339 e. The van der Waals surface area contributed by atoms with Crippen LogP contribution >= 0.6 is 0 Å². The summed E-state index contributed by atoms with van der Waals surface area (Å²) in [5, 5.41) is 19.9. The van der Waals surface area contributed by atoms with E-state index in [4.69, 9.17) is 0 Å². The second-order valence-corrected chi connectivity index (χ2v) is 5.16. The highest BCUT2D eigenvalue weighted by Gasteiger charge is 2.23. The molecule has 1 fully saturated rings. The highest BCUT2D eigenvalue weighted by atomic mass is 16.6. The molecule has 2 rings (SSSR count). The summed E-state index contributed by atoms with van der Waals surface area (Å²) in [4.78, 5) is 27.1. The molecule has 1 aromatic heterocycles. The second-order valence-electron chi connectivity index (χ2n) is 5.16. The Morgan fingerprint density at radius 1 is 1.55 bits per heavy atom. The molecule has 0 amide bonds. The number of pyridine rings is 1. The summed E-state index contributed by atoms with van der Waals surface area (Å²) < 4.78 is 0. The number of hydrogen-bond donors (Lipinski definition) is 1. The predicted molar refractivity (Wildman–Crippen MR) is 73.1 cm³/mol. The minimum absolute atomic E-state index is 0.125. The van der Waals surface area contributed by atoms with Crippen molar-refractivity contribution in [2.24, 2.45) is 5.92 Å². The van der Waals surface area contributed by atoms with Crippen molar-refractivity contribution >= 4 is 17.5 Å². The first kappa shape index (κ1) is 14.2. The number of rotatable bonds is 5. The number of anilines is 1. The molecule has 1 N–H and O–H groups in total. The van der Waals surface area contributed by atoms with Gasteiger partial charge in [0.15, 0.2) is 0 Å². The lowest BCUT2D eigenvalue weighted by Crippen LogP contribution is -2.26. The number of aromatic carboxylic acids is 1. The van der Waals surface area contributed by atoms with Crippen molar-refractivity contribution in [1.29, 1.82) is 0 Å². The average molecular weight is 279 g/mol. The van der Waals surface area contributed by atoms with Crippen molar-refractivity contribution in [2.75, 3.05) is 18.5 Å². The van der Waals surface area contributed by atoms with Crippen LogP contribution in [0.15, 0.2) is 12.3 Å².